The van der Waals surface area contributed by atoms with Gasteiger partial charge in [0.05, 0.1) is 5.56 Å². The van der Waals surface area contributed by atoms with E-state index in [1.165, 1.54) is 18.3 Å². The van der Waals surface area contributed by atoms with Crippen LogP contribution in [0.1, 0.15) is 59.9 Å². The minimum absolute atomic E-state index is 0.0415. The van der Waals surface area contributed by atoms with Gasteiger partial charge in [0.25, 0.3) is 0 Å². The molecule has 0 radical (unpaired) electrons. The van der Waals surface area contributed by atoms with Crippen LogP contribution in [-0.4, -0.2) is 28.6 Å². The number of nitrogens with zero attached hydrogens (tertiary/aromatic N) is 1. The molecule has 1 atom stereocenters. The van der Waals surface area contributed by atoms with E-state index in [1.54, 1.807) is 45.0 Å². The van der Waals surface area contributed by atoms with Crippen molar-refractivity contribution in [1.82, 2.24) is 10.3 Å². The average molecular weight is 586 g/mol. The topological polar surface area (TPSA) is 116 Å². The number of pyridine rings is 1. The lowest BCUT2D eigenvalue weighted by Crippen LogP contribution is -2.32. The fourth-order valence-electron chi connectivity index (χ4n) is 4.38. The summed E-state index contributed by atoms with van der Waals surface area (Å²) in [6.07, 6.45) is -2.64. The van der Waals surface area contributed by atoms with Crippen LogP contribution in [0.2, 0.25) is 0 Å². The lowest BCUT2D eigenvalue weighted by atomic mass is 9.83. The van der Waals surface area contributed by atoms with Crippen LogP contribution in [0.5, 0.6) is 5.75 Å². The lowest BCUT2D eigenvalue weighted by Gasteiger charge is -2.24. The number of nitrogens with one attached hydrogen (secondary N) is 2. The number of aryl methyl sites for hydroxylation is 1. The molecule has 12 heteroatoms. The number of rotatable bonds is 7. The van der Waals surface area contributed by atoms with E-state index in [0.717, 1.165) is 23.3 Å². The zero-order chi connectivity index (χ0) is 30.5. The Morgan fingerprint density at radius 3 is 2.48 bits per heavy atom. The second kappa shape index (κ2) is 12.5. The van der Waals surface area contributed by atoms with Crippen molar-refractivity contribution < 1.29 is 42.1 Å². The third-order valence-corrected chi connectivity index (χ3v) is 6.29. The molecule has 222 valence electrons. The third kappa shape index (κ3) is 8.45. The van der Waals surface area contributed by atoms with Crippen molar-refractivity contribution >= 4 is 23.7 Å². The number of benzene rings is 2. The van der Waals surface area contributed by atoms with Crippen molar-refractivity contribution in [2.24, 2.45) is 5.92 Å². The molecule has 9 nitrogen and oxygen atoms in total. The zero-order valence-corrected chi connectivity index (χ0v) is 23.2. The van der Waals surface area contributed by atoms with E-state index in [0.29, 0.717) is 19.3 Å². The van der Waals surface area contributed by atoms with E-state index in [9.17, 15) is 27.6 Å². The lowest BCUT2D eigenvalue weighted by molar-refractivity contribution is -0.150. The van der Waals surface area contributed by atoms with Gasteiger partial charge in [0, 0.05) is 24.3 Å². The molecule has 42 heavy (non-hydrogen) atoms. The Morgan fingerprint density at radius 2 is 1.79 bits per heavy atom. The maximum atomic E-state index is 13.6. The summed E-state index contributed by atoms with van der Waals surface area (Å²) in [4.78, 5) is 51.1. The molecule has 2 amide bonds. The molecule has 0 bridgehead atoms. The number of ether oxygens (including phenoxy) is 1. The minimum atomic E-state index is -4.67. The van der Waals surface area contributed by atoms with E-state index in [1.807, 2.05) is 6.07 Å². The molecule has 0 spiro atoms. The molecule has 1 aliphatic carbocycles. The first-order chi connectivity index (χ1) is 19.8. The first-order valence-corrected chi connectivity index (χ1v) is 13.2. The summed E-state index contributed by atoms with van der Waals surface area (Å²) in [7, 11) is 0. The molecule has 2 N–H and O–H groups in total. The predicted molar refractivity (Wildman–Crippen MR) is 145 cm³/mol. The number of aromatic nitrogens is 1. The molecule has 0 fully saturated rings. The minimum Gasteiger partial charge on any atom is -0.444 e. The average Bonchev–Trinajstić information content (AvgIpc) is 2.93. The van der Waals surface area contributed by atoms with Gasteiger partial charge in [-0.2, -0.15) is 13.2 Å². The fraction of sp³-hybridized carbons (Fsp3) is 0.333. The number of amides is 2. The molecule has 1 aromatic heterocycles. The Hall–Kier alpha value is -4.61. The van der Waals surface area contributed by atoms with Crippen LogP contribution in [0.3, 0.4) is 0 Å². The monoisotopic (exact) mass is 585 g/mol. The molecule has 4 rings (SSSR count). The summed E-state index contributed by atoms with van der Waals surface area (Å²) in [5.74, 6) is -1.49. The van der Waals surface area contributed by atoms with Gasteiger partial charge < -0.3 is 15.4 Å². The van der Waals surface area contributed by atoms with E-state index in [2.05, 4.69) is 15.6 Å². The Labute approximate surface area is 240 Å². The number of halogens is 3. The van der Waals surface area contributed by atoms with Gasteiger partial charge in [0.15, 0.2) is 11.4 Å². The second-order valence-electron chi connectivity index (χ2n) is 10.8. The zero-order valence-electron chi connectivity index (χ0n) is 23.2. The SMILES string of the molecule is CC(C)(C)OC(=O)NCc1cc(NC(=O)C2CCc3ccc(OOC(=O)c4ccccn4)cc3C2)cc(C(F)(F)F)c1. The molecule has 1 unspecified atom stereocenters. The normalized spacial score (nSPS) is 14.8. The number of hydrogen-bond acceptors (Lipinski definition) is 7. The van der Waals surface area contributed by atoms with Crippen LogP contribution in [0.25, 0.3) is 0 Å². The van der Waals surface area contributed by atoms with Gasteiger partial charge in [-0.15, -0.1) is 0 Å². The number of hydrogen-bond donors (Lipinski definition) is 2. The molecule has 0 saturated heterocycles. The summed E-state index contributed by atoms with van der Waals surface area (Å²) >= 11 is 0. The van der Waals surface area contributed by atoms with Crippen molar-refractivity contribution in [2.75, 3.05) is 5.32 Å². The summed E-state index contributed by atoms with van der Waals surface area (Å²) in [6, 6.07) is 13.0. The molecule has 3 aromatic rings. The standard InChI is InChI=1S/C30H30F3N3O6/c1-29(2,3)40-28(39)35-17-18-12-22(30(31,32)33)16-23(13-18)36-26(37)20-8-7-19-9-10-24(15-21(19)14-20)41-42-27(38)25-6-4-5-11-34-25/h4-6,9-13,15-16,20H,7-8,14,17H2,1-3H3,(H,35,39)(H,36,37). The molecule has 0 aliphatic heterocycles. The van der Waals surface area contributed by atoms with Gasteiger partial charge in [-0.3, -0.25) is 9.68 Å². The quantitative estimate of drug-likeness (QED) is 0.257. The highest BCUT2D eigenvalue weighted by molar-refractivity contribution is 5.93. The molecular formula is C30H30F3N3O6. The molecule has 1 heterocycles. The fourth-order valence-corrected chi connectivity index (χ4v) is 4.38. The summed E-state index contributed by atoms with van der Waals surface area (Å²) in [5.41, 5.74) is 0.216. The van der Waals surface area contributed by atoms with Crippen LogP contribution < -0.4 is 15.5 Å². The highest BCUT2D eigenvalue weighted by atomic mass is 19.4. The summed E-state index contributed by atoms with van der Waals surface area (Å²) < 4.78 is 45.9. The number of fused-ring (bicyclic) bond motifs is 1. The van der Waals surface area contributed by atoms with Gasteiger partial charge in [-0.1, -0.05) is 12.1 Å². The van der Waals surface area contributed by atoms with Crippen molar-refractivity contribution in [3.8, 4) is 5.75 Å². The summed E-state index contributed by atoms with van der Waals surface area (Å²) in [6.45, 7) is 4.77. The van der Waals surface area contributed by atoms with Crippen molar-refractivity contribution in [3.63, 3.8) is 0 Å². The smallest absolute Gasteiger partial charge is 0.416 e. The maximum absolute atomic E-state index is 13.6. The van der Waals surface area contributed by atoms with Crippen LogP contribution in [0.15, 0.2) is 60.8 Å². The van der Waals surface area contributed by atoms with Gasteiger partial charge in [0.2, 0.25) is 5.91 Å². The number of alkyl halides is 3. The van der Waals surface area contributed by atoms with E-state index >= 15 is 0 Å². The Morgan fingerprint density at radius 1 is 1.00 bits per heavy atom. The second-order valence-corrected chi connectivity index (χ2v) is 10.8. The maximum Gasteiger partial charge on any atom is 0.416 e. The first kappa shape index (κ1) is 30.4. The molecular weight excluding hydrogens is 555 g/mol. The van der Waals surface area contributed by atoms with Crippen LogP contribution in [0, 0.1) is 5.92 Å². The van der Waals surface area contributed by atoms with Gasteiger partial charge in [-0.25, -0.2) is 19.5 Å². The Balaban J connectivity index is 1.42. The highest BCUT2D eigenvalue weighted by Gasteiger charge is 2.32. The van der Waals surface area contributed by atoms with Crippen LogP contribution >= 0.6 is 0 Å². The Kier molecular flexibility index (Phi) is 9.03. The van der Waals surface area contributed by atoms with Gasteiger partial charge in [0.1, 0.15) is 5.60 Å². The van der Waals surface area contributed by atoms with Gasteiger partial charge >= 0.3 is 18.2 Å². The van der Waals surface area contributed by atoms with Gasteiger partial charge in [-0.05, 0) is 99.2 Å². The van der Waals surface area contributed by atoms with Crippen molar-refractivity contribution in [2.45, 2.75) is 58.4 Å². The number of anilines is 1. The Bertz CT molecular complexity index is 1450. The number of carbonyl (C=O) groups is 3. The van der Waals surface area contributed by atoms with Crippen LogP contribution in [-0.2, 0) is 40.0 Å². The summed E-state index contributed by atoms with van der Waals surface area (Å²) in [5, 5.41) is 5.04. The molecule has 2 aromatic carbocycles. The third-order valence-electron chi connectivity index (χ3n) is 6.29. The number of alkyl carbamates (subject to hydrolysis) is 1. The van der Waals surface area contributed by atoms with Crippen LogP contribution in [0.4, 0.5) is 23.7 Å². The first-order valence-electron chi connectivity index (χ1n) is 13.2. The molecule has 1 aliphatic rings. The number of carbonyl (C=O) groups excluding carboxylic acids is 3. The van der Waals surface area contributed by atoms with E-state index in [4.69, 9.17) is 14.5 Å². The molecule has 0 saturated carbocycles. The van der Waals surface area contributed by atoms with E-state index < -0.39 is 41.2 Å². The van der Waals surface area contributed by atoms with Crippen molar-refractivity contribution in [3.05, 3.63) is 88.7 Å². The van der Waals surface area contributed by atoms with Crippen molar-refractivity contribution in [1.29, 1.82) is 0 Å². The van der Waals surface area contributed by atoms with E-state index in [-0.39, 0.29) is 29.2 Å². The largest absolute Gasteiger partial charge is 0.444 e. The predicted octanol–water partition coefficient (Wildman–Crippen LogP) is 6.02. The highest BCUT2D eigenvalue weighted by Crippen LogP contribution is 2.33.